The van der Waals surface area contributed by atoms with Crippen LogP contribution in [0, 0.1) is 12.7 Å². The zero-order chi connectivity index (χ0) is 23.9. The van der Waals surface area contributed by atoms with Crippen LogP contribution in [0.1, 0.15) is 19.4 Å². The molecule has 0 unspecified atom stereocenters. The first-order valence-corrected chi connectivity index (χ1v) is 11.1. The minimum Gasteiger partial charge on any atom is -0.392 e. The zero-order valence-corrected chi connectivity index (χ0v) is 18.8. The van der Waals surface area contributed by atoms with Gasteiger partial charge >= 0.3 is 0 Å². The third kappa shape index (κ3) is 7.59. The molecule has 1 aliphatic rings. The van der Waals surface area contributed by atoms with E-state index in [0.717, 1.165) is 30.4 Å². The summed E-state index contributed by atoms with van der Waals surface area (Å²) in [5.41, 5.74) is 3.00. The number of amides is 1. The summed E-state index contributed by atoms with van der Waals surface area (Å²) in [5, 5.41) is 18.4. The van der Waals surface area contributed by atoms with E-state index in [1.807, 2.05) is 31.2 Å². The summed E-state index contributed by atoms with van der Waals surface area (Å²) in [6.07, 6.45) is 4.85. The Labute approximate surface area is 204 Å². The predicted octanol–water partition coefficient (Wildman–Crippen LogP) is 4.61. The van der Waals surface area contributed by atoms with Gasteiger partial charge in [-0.25, -0.2) is 9.37 Å². The maximum absolute atomic E-state index is 14.2. The third-order valence-electron chi connectivity index (χ3n) is 5.29. The average Bonchev–Trinajstić information content (AvgIpc) is 3.21. The minimum absolute atomic E-state index is 0. The molecule has 4 rings (SSSR count). The number of likely N-dealkylation sites (tertiary alicyclic amines) is 1. The van der Waals surface area contributed by atoms with E-state index in [1.54, 1.807) is 30.3 Å². The molecule has 3 aromatic rings. The van der Waals surface area contributed by atoms with Gasteiger partial charge in [0.05, 0.1) is 12.3 Å². The van der Waals surface area contributed by atoms with Gasteiger partial charge in [0.15, 0.2) is 11.6 Å². The van der Waals surface area contributed by atoms with E-state index in [-0.39, 0.29) is 31.2 Å². The quantitative estimate of drug-likeness (QED) is 0.351. The SMILES string of the molecule is C.Cc1cccc(Nc2nc(Nc3cccc(NC(=O)/C=C/CN4CC[C@@H](O)C4)c3)ncc2F)c1. The molecule has 0 radical (unpaired) electrons. The second-order valence-corrected chi connectivity index (χ2v) is 8.18. The van der Waals surface area contributed by atoms with E-state index < -0.39 is 5.82 Å². The fraction of sp³-hybridized carbons (Fsp3) is 0.269. The lowest BCUT2D eigenvalue weighted by Gasteiger charge is -2.11. The smallest absolute Gasteiger partial charge is 0.248 e. The summed E-state index contributed by atoms with van der Waals surface area (Å²) in [5.74, 6) is -0.543. The number of carbonyl (C=O) groups excluding carboxylic acids is 1. The van der Waals surface area contributed by atoms with Crippen molar-refractivity contribution in [3.05, 3.63) is 78.3 Å². The van der Waals surface area contributed by atoms with E-state index in [1.165, 1.54) is 6.08 Å². The van der Waals surface area contributed by atoms with Crippen LogP contribution < -0.4 is 16.0 Å². The molecule has 9 heteroatoms. The Morgan fingerprint density at radius 2 is 1.91 bits per heavy atom. The van der Waals surface area contributed by atoms with Gasteiger partial charge in [0, 0.05) is 42.8 Å². The number of hydrogen-bond donors (Lipinski definition) is 4. The van der Waals surface area contributed by atoms with Crippen molar-refractivity contribution >= 4 is 34.7 Å². The largest absolute Gasteiger partial charge is 0.392 e. The van der Waals surface area contributed by atoms with Crippen LogP contribution in [0.5, 0.6) is 0 Å². The molecule has 1 atom stereocenters. The Morgan fingerprint density at radius 1 is 1.17 bits per heavy atom. The molecular formula is C26H31FN6O2. The second-order valence-electron chi connectivity index (χ2n) is 8.18. The highest BCUT2D eigenvalue weighted by atomic mass is 19.1. The predicted molar refractivity (Wildman–Crippen MR) is 138 cm³/mol. The molecule has 1 amide bonds. The first-order chi connectivity index (χ1) is 16.4. The van der Waals surface area contributed by atoms with Gasteiger partial charge < -0.3 is 21.1 Å². The molecule has 35 heavy (non-hydrogen) atoms. The summed E-state index contributed by atoms with van der Waals surface area (Å²) < 4.78 is 14.2. The fourth-order valence-electron chi connectivity index (χ4n) is 3.65. The van der Waals surface area contributed by atoms with Crippen LogP contribution in [0.2, 0.25) is 0 Å². The number of aryl methyl sites for hydroxylation is 1. The standard InChI is InChI=1S/C25H27FN6O2.CH4/c1-17-5-2-6-18(13-17)29-24-22(26)15-27-25(31-24)30-20-8-3-7-19(14-20)28-23(34)9-4-11-32-12-10-21(33)16-32;/h2-9,13-15,21,33H,10-12,16H2,1H3,(H,28,34)(H2,27,29,30,31);1H4/b9-4+;/t21-;/m1./s1. The highest BCUT2D eigenvalue weighted by molar-refractivity contribution is 5.99. The molecule has 1 aliphatic heterocycles. The second kappa shape index (κ2) is 12.0. The molecule has 2 aromatic carbocycles. The number of nitrogens with zero attached hydrogens (tertiary/aromatic N) is 3. The Balaban J connectivity index is 0.00000342. The number of rotatable bonds is 8. The average molecular weight is 479 g/mol. The number of benzene rings is 2. The van der Waals surface area contributed by atoms with Crippen LogP contribution in [-0.2, 0) is 4.79 Å². The van der Waals surface area contributed by atoms with Crippen molar-refractivity contribution in [3.63, 3.8) is 0 Å². The number of β-amino-alcohol motifs (C(OH)–C–C–N with tert-alkyl or cyclic N) is 1. The number of carbonyl (C=O) groups is 1. The maximum atomic E-state index is 14.2. The topological polar surface area (TPSA) is 102 Å². The van der Waals surface area contributed by atoms with Crippen molar-refractivity contribution in [1.29, 1.82) is 0 Å². The number of hydrogen-bond acceptors (Lipinski definition) is 7. The first-order valence-electron chi connectivity index (χ1n) is 11.1. The summed E-state index contributed by atoms with van der Waals surface area (Å²) in [6, 6.07) is 14.6. The Morgan fingerprint density at radius 3 is 2.66 bits per heavy atom. The number of aromatic nitrogens is 2. The van der Waals surface area contributed by atoms with Gasteiger partial charge in [-0.05, 0) is 49.2 Å². The monoisotopic (exact) mass is 478 g/mol. The molecule has 0 saturated carbocycles. The third-order valence-corrected chi connectivity index (χ3v) is 5.29. The van der Waals surface area contributed by atoms with E-state index in [4.69, 9.17) is 0 Å². The molecule has 2 heterocycles. The zero-order valence-electron chi connectivity index (χ0n) is 18.8. The Bertz CT molecular complexity index is 1190. The summed E-state index contributed by atoms with van der Waals surface area (Å²) in [6.45, 7) is 4.03. The molecule has 1 aromatic heterocycles. The lowest BCUT2D eigenvalue weighted by atomic mass is 10.2. The van der Waals surface area contributed by atoms with Gasteiger partial charge in [0.25, 0.3) is 0 Å². The molecule has 1 fully saturated rings. The highest BCUT2D eigenvalue weighted by Crippen LogP contribution is 2.22. The van der Waals surface area contributed by atoms with Crippen molar-refractivity contribution in [1.82, 2.24) is 14.9 Å². The van der Waals surface area contributed by atoms with Crippen LogP contribution in [0.25, 0.3) is 0 Å². The molecule has 4 N–H and O–H groups in total. The number of nitrogens with one attached hydrogen (secondary N) is 3. The molecule has 0 bridgehead atoms. The fourth-order valence-corrected chi connectivity index (χ4v) is 3.65. The van der Waals surface area contributed by atoms with Crippen LogP contribution in [0.4, 0.5) is 33.2 Å². The first kappa shape index (κ1) is 25.8. The van der Waals surface area contributed by atoms with Gasteiger partial charge in [-0.15, -0.1) is 0 Å². The minimum atomic E-state index is -0.566. The van der Waals surface area contributed by atoms with E-state index in [2.05, 4.69) is 30.8 Å². The lowest BCUT2D eigenvalue weighted by Crippen LogP contribution is -2.22. The molecule has 8 nitrogen and oxygen atoms in total. The summed E-state index contributed by atoms with van der Waals surface area (Å²) in [7, 11) is 0. The van der Waals surface area contributed by atoms with Crippen molar-refractivity contribution in [2.75, 3.05) is 35.6 Å². The van der Waals surface area contributed by atoms with Gasteiger partial charge in [-0.2, -0.15) is 4.98 Å². The van der Waals surface area contributed by atoms with Gasteiger partial charge in [0.2, 0.25) is 11.9 Å². The maximum Gasteiger partial charge on any atom is 0.248 e. The van der Waals surface area contributed by atoms with Gasteiger partial charge in [-0.1, -0.05) is 31.7 Å². The summed E-state index contributed by atoms with van der Waals surface area (Å²) >= 11 is 0. The number of halogens is 1. The highest BCUT2D eigenvalue weighted by Gasteiger charge is 2.18. The van der Waals surface area contributed by atoms with E-state index in [0.29, 0.717) is 24.5 Å². The molecule has 0 aliphatic carbocycles. The summed E-state index contributed by atoms with van der Waals surface area (Å²) in [4.78, 5) is 22.6. The normalized spacial score (nSPS) is 15.6. The molecule has 0 spiro atoms. The Hall–Kier alpha value is -3.82. The van der Waals surface area contributed by atoms with Crippen molar-refractivity contribution in [3.8, 4) is 0 Å². The number of anilines is 5. The molecular weight excluding hydrogens is 447 g/mol. The van der Waals surface area contributed by atoms with Crippen molar-refractivity contribution in [2.24, 2.45) is 0 Å². The molecule has 1 saturated heterocycles. The van der Waals surface area contributed by atoms with E-state index >= 15 is 0 Å². The van der Waals surface area contributed by atoms with Crippen molar-refractivity contribution in [2.45, 2.75) is 26.9 Å². The lowest BCUT2D eigenvalue weighted by molar-refractivity contribution is -0.111. The van der Waals surface area contributed by atoms with Gasteiger partial charge in [0.1, 0.15) is 0 Å². The van der Waals surface area contributed by atoms with Gasteiger partial charge in [-0.3, -0.25) is 9.69 Å². The van der Waals surface area contributed by atoms with Crippen LogP contribution in [-0.4, -0.2) is 51.6 Å². The van der Waals surface area contributed by atoms with Crippen LogP contribution in [0.3, 0.4) is 0 Å². The van der Waals surface area contributed by atoms with E-state index in [9.17, 15) is 14.3 Å². The Kier molecular flexibility index (Phi) is 8.88. The van der Waals surface area contributed by atoms with Crippen LogP contribution >= 0.6 is 0 Å². The van der Waals surface area contributed by atoms with Crippen LogP contribution in [0.15, 0.2) is 66.9 Å². The number of aliphatic hydroxyl groups is 1. The number of aliphatic hydroxyl groups excluding tert-OH is 1. The van der Waals surface area contributed by atoms with Crippen molar-refractivity contribution < 1.29 is 14.3 Å². The molecule has 184 valence electrons.